The topological polar surface area (TPSA) is 91.0 Å². The average molecular weight is 559 g/mol. The lowest BCUT2D eigenvalue weighted by Gasteiger charge is -2.46. The maximum atomic E-state index is 13.9. The lowest BCUT2D eigenvalue weighted by molar-refractivity contribution is -0.166. The zero-order valence-electron chi connectivity index (χ0n) is 24.4. The van der Waals surface area contributed by atoms with Crippen LogP contribution in [0.1, 0.15) is 71.3 Å². The summed E-state index contributed by atoms with van der Waals surface area (Å²) in [7, 11) is 0. The molecule has 0 unspecified atom stereocenters. The van der Waals surface area contributed by atoms with Crippen molar-refractivity contribution < 1.29 is 23.5 Å². The van der Waals surface area contributed by atoms with Crippen LogP contribution in [0.5, 0.6) is 0 Å². The van der Waals surface area contributed by atoms with Crippen molar-refractivity contribution in [2.24, 2.45) is 17.3 Å². The summed E-state index contributed by atoms with van der Waals surface area (Å²) < 4.78 is 19.2. The standard InChI is InChI=1S/C31H47FN4O4/c1-4-40-29(38)31(24-8-6-5-7-9-24)14-17-35(18-15-31)28(37)26(20-23-10-12-25(32)13-11-23)34-30(39)36-19-16-33-27(21-36)22(2)3/h10-13,22,24,26-27,33H,4-9,14-21H2,1-3H3,(H,34,39)/t26-,27-/m1/s1. The number of hydrogen-bond donors (Lipinski definition) is 2. The van der Waals surface area contributed by atoms with Gasteiger partial charge in [-0.05, 0) is 62.1 Å². The van der Waals surface area contributed by atoms with Gasteiger partial charge in [-0.1, -0.05) is 45.2 Å². The molecule has 1 aromatic rings. The van der Waals surface area contributed by atoms with Crippen LogP contribution < -0.4 is 10.6 Å². The lowest BCUT2D eigenvalue weighted by atomic mass is 9.63. The van der Waals surface area contributed by atoms with Crippen LogP contribution in [0.3, 0.4) is 0 Å². The smallest absolute Gasteiger partial charge is 0.318 e. The molecule has 40 heavy (non-hydrogen) atoms. The third-order valence-electron chi connectivity index (χ3n) is 9.28. The van der Waals surface area contributed by atoms with Crippen LogP contribution >= 0.6 is 0 Å². The first-order valence-corrected chi connectivity index (χ1v) is 15.2. The van der Waals surface area contributed by atoms with E-state index < -0.39 is 11.5 Å². The normalized spacial score (nSPS) is 22.6. The molecule has 1 aliphatic carbocycles. The largest absolute Gasteiger partial charge is 0.466 e. The summed E-state index contributed by atoms with van der Waals surface area (Å²) in [6.07, 6.45) is 6.94. The monoisotopic (exact) mass is 558 g/mol. The molecule has 0 bridgehead atoms. The number of nitrogens with one attached hydrogen (secondary N) is 2. The fraction of sp³-hybridized carbons (Fsp3) is 0.710. The minimum Gasteiger partial charge on any atom is -0.466 e. The fourth-order valence-electron chi connectivity index (χ4n) is 6.76. The fourth-order valence-corrected chi connectivity index (χ4v) is 6.76. The van der Waals surface area contributed by atoms with Gasteiger partial charge in [-0.2, -0.15) is 0 Å². The van der Waals surface area contributed by atoms with Gasteiger partial charge in [0.25, 0.3) is 0 Å². The summed E-state index contributed by atoms with van der Waals surface area (Å²) >= 11 is 0. The van der Waals surface area contributed by atoms with E-state index in [2.05, 4.69) is 24.5 Å². The SMILES string of the molecule is CCOC(=O)C1(C2CCCCC2)CCN(C(=O)[C@@H](Cc2ccc(F)cc2)NC(=O)N2CCN[C@@H](C(C)C)C2)CC1. The highest BCUT2D eigenvalue weighted by atomic mass is 19.1. The van der Waals surface area contributed by atoms with Crippen molar-refractivity contribution in [2.45, 2.75) is 84.2 Å². The van der Waals surface area contributed by atoms with Crippen LogP contribution in [0.15, 0.2) is 24.3 Å². The molecule has 3 fully saturated rings. The summed E-state index contributed by atoms with van der Waals surface area (Å²) in [6.45, 7) is 9.20. The number of esters is 1. The number of nitrogens with zero attached hydrogens (tertiary/aromatic N) is 2. The number of carbonyl (C=O) groups excluding carboxylic acids is 3. The molecule has 0 radical (unpaired) electrons. The molecule has 222 valence electrons. The number of benzene rings is 1. The van der Waals surface area contributed by atoms with Gasteiger partial charge in [0.2, 0.25) is 5.91 Å². The molecule has 0 aromatic heterocycles. The van der Waals surface area contributed by atoms with E-state index in [1.54, 1.807) is 21.9 Å². The minimum atomic E-state index is -0.782. The molecule has 3 amide bonds. The highest BCUT2D eigenvalue weighted by Crippen LogP contribution is 2.47. The van der Waals surface area contributed by atoms with Gasteiger partial charge in [-0.15, -0.1) is 0 Å². The summed E-state index contributed by atoms with van der Waals surface area (Å²) in [5, 5.41) is 6.48. The minimum absolute atomic E-state index is 0.122. The van der Waals surface area contributed by atoms with Gasteiger partial charge in [0.05, 0.1) is 12.0 Å². The summed E-state index contributed by atoms with van der Waals surface area (Å²) in [5.74, 6) is 0.0430. The number of piperazine rings is 1. The van der Waals surface area contributed by atoms with Gasteiger partial charge in [0, 0.05) is 45.2 Å². The molecule has 8 nitrogen and oxygen atoms in total. The van der Waals surface area contributed by atoms with Gasteiger partial charge in [0.1, 0.15) is 11.9 Å². The molecule has 0 spiro atoms. The van der Waals surface area contributed by atoms with Crippen molar-refractivity contribution in [1.29, 1.82) is 0 Å². The predicted octanol–water partition coefficient (Wildman–Crippen LogP) is 4.13. The molecule has 2 N–H and O–H groups in total. The van der Waals surface area contributed by atoms with E-state index in [1.165, 1.54) is 18.6 Å². The Morgan fingerprint density at radius 2 is 1.73 bits per heavy atom. The maximum absolute atomic E-state index is 13.9. The first kappa shape index (κ1) is 30.3. The van der Waals surface area contributed by atoms with Crippen LogP contribution in [-0.4, -0.2) is 79.1 Å². The van der Waals surface area contributed by atoms with Crippen molar-refractivity contribution in [3.63, 3.8) is 0 Å². The number of ether oxygens (including phenoxy) is 1. The van der Waals surface area contributed by atoms with Crippen LogP contribution in [-0.2, 0) is 20.7 Å². The highest BCUT2D eigenvalue weighted by molar-refractivity contribution is 5.88. The quantitative estimate of drug-likeness (QED) is 0.469. The third-order valence-corrected chi connectivity index (χ3v) is 9.28. The van der Waals surface area contributed by atoms with E-state index in [9.17, 15) is 18.8 Å². The number of rotatable bonds is 8. The Hall–Kier alpha value is -2.68. The first-order chi connectivity index (χ1) is 19.2. The van der Waals surface area contributed by atoms with Crippen molar-refractivity contribution in [1.82, 2.24) is 20.4 Å². The van der Waals surface area contributed by atoms with Gasteiger partial charge in [0.15, 0.2) is 0 Å². The van der Waals surface area contributed by atoms with Crippen LogP contribution in [0, 0.1) is 23.1 Å². The zero-order chi connectivity index (χ0) is 28.7. The molecule has 2 heterocycles. The first-order valence-electron chi connectivity index (χ1n) is 15.2. The number of hydrogen-bond acceptors (Lipinski definition) is 5. The van der Waals surface area contributed by atoms with Crippen molar-refractivity contribution in [2.75, 3.05) is 39.3 Å². The van der Waals surface area contributed by atoms with E-state index in [1.807, 2.05) is 6.92 Å². The Morgan fingerprint density at radius 3 is 2.35 bits per heavy atom. The second kappa shape index (κ2) is 13.8. The van der Waals surface area contributed by atoms with Crippen LogP contribution in [0.25, 0.3) is 0 Å². The number of urea groups is 1. The lowest BCUT2D eigenvalue weighted by Crippen LogP contribution is -2.60. The summed E-state index contributed by atoms with van der Waals surface area (Å²) in [5.41, 5.74) is 0.232. The highest BCUT2D eigenvalue weighted by Gasteiger charge is 2.49. The summed E-state index contributed by atoms with van der Waals surface area (Å²) in [6, 6.07) is 5.23. The molecular formula is C31H47FN4O4. The number of carbonyl (C=O) groups is 3. The van der Waals surface area contributed by atoms with Crippen LogP contribution in [0.2, 0.25) is 0 Å². The van der Waals surface area contributed by atoms with Crippen molar-refractivity contribution >= 4 is 17.9 Å². The predicted molar refractivity (Wildman–Crippen MR) is 152 cm³/mol. The van der Waals surface area contributed by atoms with Gasteiger partial charge in [-0.3, -0.25) is 9.59 Å². The number of piperidine rings is 1. The Morgan fingerprint density at radius 1 is 1.05 bits per heavy atom. The average Bonchev–Trinajstić information content (AvgIpc) is 2.98. The van der Waals surface area contributed by atoms with Crippen molar-refractivity contribution in [3.05, 3.63) is 35.6 Å². The van der Waals surface area contributed by atoms with Crippen LogP contribution in [0.4, 0.5) is 9.18 Å². The molecule has 2 saturated heterocycles. The Labute approximate surface area is 238 Å². The molecule has 1 aromatic carbocycles. The molecule has 9 heteroatoms. The second-order valence-electron chi connectivity index (χ2n) is 12.1. The summed E-state index contributed by atoms with van der Waals surface area (Å²) in [4.78, 5) is 44.1. The van der Waals surface area contributed by atoms with E-state index in [0.29, 0.717) is 58.1 Å². The third kappa shape index (κ3) is 7.14. The van der Waals surface area contributed by atoms with Gasteiger partial charge in [-0.25, -0.2) is 9.18 Å². The van der Waals surface area contributed by atoms with E-state index in [0.717, 1.165) is 31.2 Å². The van der Waals surface area contributed by atoms with Crippen molar-refractivity contribution in [3.8, 4) is 0 Å². The van der Waals surface area contributed by atoms with Gasteiger partial charge >= 0.3 is 12.0 Å². The van der Waals surface area contributed by atoms with E-state index in [-0.39, 0.29) is 42.1 Å². The van der Waals surface area contributed by atoms with E-state index >= 15 is 0 Å². The molecule has 4 rings (SSSR count). The molecule has 3 aliphatic rings. The Kier molecular flexibility index (Phi) is 10.4. The molecule has 2 atom stereocenters. The maximum Gasteiger partial charge on any atom is 0.318 e. The number of amides is 3. The Balaban J connectivity index is 1.48. The molecule has 1 saturated carbocycles. The van der Waals surface area contributed by atoms with E-state index in [4.69, 9.17) is 4.74 Å². The molecule has 2 aliphatic heterocycles. The van der Waals surface area contributed by atoms with Gasteiger partial charge < -0.3 is 25.2 Å². The second-order valence-corrected chi connectivity index (χ2v) is 12.1. The Bertz CT molecular complexity index is 1000. The number of likely N-dealkylation sites (tertiary alicyclic amines) is 1. The zero-order valence-corrected chi connectivity index (χ0v) is 24.4. The molecular weight excluding hydrogens is 511 g/mol. The number of halogens is 1.